The molecule has 0 aromatic rings. The molecule has 1 heterocycles. The van der Waals surface area contributed by atoms with Crippen molar-refractivity contribution in [1.29, 1.82) is 0 Å². The highest BCUT2D eigenvalue weighted by atomic mass is 16.6. The van der Waals surface area contributed by atoms with E-state index in [1.165, 1.54) is 6.92 Å². The normalized spacial score (nSPS) is 19.4. The Kier molecular flexibility index (Phi) is 6.01. The van der Waals surface area contributed by atoms with Gasteiger partial charge in [0.15, 0.2) is 6.10 Å². The second-order valence-electron chi connectivity index (χ2n) is 3.77. The molecule has 2 unspecified atom stereocenters. The molecule has 0 saturated carbocycles. The fourth-order valence-corrected chi connectivity index (χ4v) is 1.31. The van der Waals surface area contributed by atoms with Gasteiger partial charge in [0.2, 0.25) is 6.10 Å². The molecule has 0 bridgehead atoms. The van der Waals surface area contributed by atoms with Gasteiger partial charge < -0.3 is 18.9 Å². The molecule has 0 aromatic heterocycles. The second-order valence-corrected chi connectivity index (χ2v) is 3.77. The van der Waals surface area contributed by atoms with E-state index in [1.54, 1.807) is 0 Å². The van der Waals surface area contributed by atoms with Gasteiger partial charge in [0.05, 0.1) is 13.2 Å². The Bertz CT molecular complexity index is 363. The van der Waals surface area contributed by atoms with Crippen molar-refractivity contribution in [1.82, 2.24) is 0 Å². The highest BCUT2D eigenvalue weighted by molar-refractivity contribution is 5.82. The first-order valence-electron chi connectivity index (χ1n) is 5.82. The minimum absolute atomic E-state index is 0.00788. The van der Waals surface area contributed by atoms with Gasteiger partial charge in [-0.05, 0) is 6.92 Å². The number of esters is 3. The van der Waals surface area contributed by atoms with Crippen LogP contribution in [0.15, 0.2) is 12.7 Å². The molecule has 0 amide bonds. The van der Waals surface area contributed by atoms with E-state index in [0.717, 1.165) is 6.08 Å². The fraction of sp³-hybridized carbons (Fsp3) is 0.583. The standard InChI is InChI=1S/C12H16O7/c1-3-10(13)17-7-6-16-8(2)11(14)19-9-4-5-18-12(9)15/h3,8-9H,1,4-7H2,2H3. The lowest BCUT2D eigenvalue weighted by molar-refractivity contribution is -0.169. The van der Waals surface area contributed by atoms with Gasteiger partial charge in [0.25, 0.3) is 0 Å². The number of cyclic esters (lactones) is 1. The highest BCUT2D eigenvalue weighted by Gasteiger charge is 2.31. The lowest BCUT2D eigenvalue weighted by Crippen LogP contribution is -2.31. The Balaban J connectivity index is 2.19. The van der Waals surface area contributed by atoms with E-state index < -0.39 is 30.1 Å². The molecule has 0 aliphatic carbocycles. The van der Waals surface area contributed by atoms with Crippen LogP contribution >= 0.6 is 0 Å². The van der Waals surface area contributed by atoms with Crippen molar-refractivity contribution in [3.05, 3.63) is 12.7 Å². The van der Waals surface area contributed by atoms with Gasteiger partial charge in [0.1, 0.15) is 6.61 Å². The first-order valence-corrected chi connectivity index (χ1v) is 5.82. The summed E-state index contributed by atoms with van der Waals surface area (Å²) in [6, 6.07) is 0. The average molecular weight is 272 g/mol. The molecule has 1 aliphatic rings. The third kappa shape index (κ3) is 5.09. The lowest BCUT2D eigenvalue weighted by Gasteiger charge is -2.14. The van der Waals surface area contributed by atoms with Gasteiger partial charge in [-0.15, -0.1) is 0 Å². The van der Waals surface area contributed by atoms with Crippen LogP contribution < -0.4 is 0 Å². The average Bonchev–Trinajstić information content (AvgIpc) is 2.79. The van der Waals surface area contributed by atoms with Gasteiger partial charge in [-0.25, -0.2) is 14.4 Å². The number of carbonyl (C=O) groups is 3. The van der Waals surface area contributed by atoms with E-state index in [4.69, 9.17) is 9.47 Å². The van der Waals surface area contributed by atoms with Crippen molar-refractivity contribution in [3.8, 4) is 0 Å². The molecular weight excluding hydrogens is 256 g/mol. The molecule has 7 nitrogen and oxygen atoms in total. The highest BCUT2D eigenvalue weighted by Crippen LogP contribution is 2.11. The maximum absolute atomic E-state index is 11.5. The molecule has 1 saturated heterocycles. The molecule has 0 radical (unpaired) electrons. The molecule has 1 aliphatic heterocycles. The van der Waals surface area contributed by atoms with Gasteiger partial charge in [0, 0.05) is 12.5 Å². The van der Waals surface area contributed by atoms with Gasteiger partial charge in [-0.3, -0.25) is 0 Å². The Morgan fingerprint density at radius 1 is 1.53 bits per heavy atom. The van der Waals surface area contributed by atoms with E-state index in [1.807, 2.05) is 0 Å². The molecular formula is C12H16O7. The number of hydrogen-bond acceptors (Lipinski definition) is 7. The van der Waals surface area contributed by atoms with Crippen LogP contribution in [0.2, 0.25) is 0 Å². The van der Waals surface area contributed by atoms with Crippen LogP contribution in [0, 0.1) is 0 Å². The SMILES string of the molecule is C=CC(=O)OCCOC(C)C(=O)OC1CCOC1=O. The van der Waals surface area contributed by atoms with Crippen molar-refractivity contribution in [2.45, 2.75) is 25.6 Å². The fourth-order valence-electron chi connectivity index (χ4n) is 1.31. The van der Waals surface area contributed by atoms with Gasteiger partial charge in [-0.2, -0.15) is 0 Å². The smallest absolute Gasteiger partial charge is 0.347 e. The topological polar surface area (TPSA) is 88.1 Å². The summed E-state index contributed by atoms with van der Waals surface area (Å²) in [5.74, 6) is -1.76. The van der Waals surface area contributed by atoms with Crippen molar-refractivity contribution in [2.24, 2.45) is 0 Å². The summed E-state index contributed by atoms with van der Waals surface area (Å²) in [6.07, 6.45) is -0.314. The van der Waals surface area contributed by atoms with Gasteiger partial charge >= 0.3 is 17.9 Å². The van der Waals surface area contributed by atoms with Crippen LogP contribution in [0.5, 0.6) is 0 Å². The molecule has 1 fully saturated rings. The van der Waals surface area contributed by atoms with E-state index >= 15 is 0 Å². The first-order chi connectivity index (χ1) is 9.04. The van der Waals surface area contributed by atoms with Crippen molar-refractivity contribution >= 4 is 17.9 Å². The Hall–Kier alpha value is -1.89. The predicted octanol–water partition coefficient (Wildman–Crippen LogP) is -0.0206. The number of rotatable bonds is 7. The Morgan fingerprint density at radius 2 is 2.26 bits per heavy atom. The number of carbonyl (C=O) groups excluding carboxylic acids is 3. The first kappa shape index (κ1) is 15.2. The summed E-state index contributed by atoms with van der Waals surface area (Å²) in [7, 11) is 0. The minimum atomic E-state index is -0.851. The molecule has 0 aromatic carbocycles. The number of hydrogen-bond donors (Lipinski definition) is 0. The monoisotopic (exact) mass is 272 g/mol. The molecule has 1 rings (SSSR count). The van der Waals surface area contributed by atoms with E-state index in [-0.39, 0.29) is 19.8 Å². The van der Waals surface area contributed by atoms with E-state index in [2.05, 4.69) is 16.1 Å². The predicted molar refractivity (Wildman–Crippen MR) is 62.0 cm³/mol. The van der Waals surface area contributed by atoms with Gasteiger partial charge in [-0.1, -0.05) is 6.58 Å². The van der Waals surface area contributed by atoms with Crippen LogP contribution in [0.4, 0.5) is 0 Å². The maximum atomic E-state index is 11.5. The molecule has 7 heteroatoms. The third-order valence-corrected chi connectivity index (χ3v) is 2.34. The third-order valence-electron chi connectivity index (χ3n) is 2.34. The van der Waals surface area contributed by atoms with E-state index in [0.29, 0.717) is 6.42 Å². The molecule has 19 heavy (non-hydrogen) atoms. The summed E-state index contributed by atoms with van der Waals surface area (Å²) < 4.78 is 19.4. The maximum Gasteiger partial charge on any atom is 0.347 e. The molecule has 106 valence electrons. The van der Waals surface area contributed by atoms with Crippen LogP contribution in [-0.4, -0.2) is 49.9 Å². The van der Waals surface area contributed by atoms with E-state index in [9.17, 15) is 14.4 Å². The quantitative estimate of drug-likeness (QED) is 0.278. The minimum Gasteiger partial charge on any atom is -0.463 e. The molecule has 0 N–H and O–H groups in total. The largest absolute Gasteiger partial charge is 0.463 e. The Morgan fingerprint density at radius 3 is 2.84 bits per heavy atom. The summed E-state index contributed by atoms with van der Waals surface area (Å²) in [4.78, 5) is 33.4. The number of ether oxygens (including phenoxy) is 4. The molecule has 2 atom stereocenters. The zero-order valence-corrected chi connectivity index (χ0v) is 10.6. The van der Waals surface area contributed by atoms with Crippen molar-refractivity contribution in [2.75, 3.05) is 19.8 Å². The van der Waals surface area contributed by atoms with Crippen molar-refractivity contribution < 1.29 is 33.3 Å². The Labute approximate surface area is 110 Å². The summed E-state index contributed by atoms with van der Waals surface area (Å²) in [5.41, 5.74) is 0. The van der Waals surface area contributed by atoms with Crippen LogP contribution in [-0.2, 0) is 33.3 Å². The summed E-state index contributed by atoms with van der Waals surface area (Å²) in [5, 5.41) is 0. The molecule has 0 spiro atoms. The summed E-state index contributed by atoms with van der Waals surface area (Å²) >= 11 is 0. The van der Waals surface area contributed by atoms with Crippen molar-refractivity contribution in [3.63, 3.8) is 0 Å². The van der Waals surface area contributed by atoms with Crippen LogP contribution in [0.25, 0.3) is 0 Å². The zero-order valence-electron chi connectivity index (χ0n) is 10.6. The van der Waals surface area contributed by atoms with Crippen LogP contribution in [0.3, 0.4) is 0 Å². The zero-order chi connectivity index (χ0) is 14.3. The lowest BCUT2D eigenvalue weighted by atomic mass is 10.3. The second kappa shape index (κ2) is 7.52. The summed E-state index contributed by atoms with van der Waals surface area (Å²) in [6.45, 7) is 5.03. The van der Waals surface area contributed by atoms with Crippen LogP contribution in [0.1, 0.15) is 13.3 Å².